The largest absolute Gasteiger partial charge is 0.352 e. The van der Waals surface area contributed by atoms with Crippen molar-refractivity contribution in [3.63, 3.8) is 0 Å². The minimum Gasteiger partial charge on any atom is -0.352 e. The highest BCUT2D eigenvalue weighted by molar-refractivity contribution is 6.30. The van der Waals surface area contributed by atoms with Gasteiger partial charge in [0.1, 0.15) is 0 Å². The molecule has 1 amide bonds. The average Bonchev–Trinajstić information content (AvgIpc) is 2.50. The zero-order valence-corrected chi connectivity index (χ0v) is 13.3. The number of aromatic nitrogens is 1. The molecule has 0 fully saturated rings. The van der Waals surface area contributed by atoms with Crippen LogP contribution in [0.15, 0.2) is 47.3 Å². The van der Waals surface area contributed by atoms with Crippen molar-refractivity contribution in [2.24, 2.45) is 0 Å². The summed E-state index contributed by atoms with van der Waals surface area (Å²) in [6, 6.07) is 12.0. The third kappa shape index (κ3) is 4.46. The lowest BCUT2D eigenvalue weighted by Crippen LogP contribution is -2.25. The summed E-state index contributed by atoms with van der Waals surface area (Å²) in [4.78, 5) is 23.6. The first-order valence-electron chi connectivity index (χ1n) is 7.28. The molecule has 116 valence electrons. The highest BCUT2D eigenvalue weighted by atomic mass is 35.5. The van der Waals surface area contributed by atoms with E-state index >= 15 is 0 Å². The van der Waals surface area contributed by atoms with Crippen LogP contribution in [0.1, 0.15) is 28.9 Å². The van der Waals surface area contributed by atoms with Gasteiger partial charge >= 0.3 is 0 Å². The van der Waals surface area contributed by atoms with Crippen LogP contribution in [0.5, 0.6) is 0 Å². The SMILES string of the molecule is Cc1cccc(=O)n1CCCCNC(=O)c1ccc(Cl)cc1. The van der Waals surface area contributed by atoms with Gasteiger partial charge < -0.3 is 9.88 Å². The van der Waals surface area contributed by atoms with Crippen LogP contribution in [0, 0.1) is 6.92 Å². The van der Waals surface area contributed by atoms with Gasteiger partial charge in [-0.2, -0.15) is 0 Å². The Morgan fingerprint density at radius 3 is 2.55 bits per heavy atom. The molecule has 0 unspecified atom stereocenters. The molecular formula is C17H19ClN2O2. The van der Waals surface area contributed by atoms with E-state index in [-0.39, 0.29) is 11.5 Å². The van der Waals surface area contributed by atoms with E-state index in [0.29, 0.717) is 23.7 Å². The second kappa shape index (κ2) is 7.80. The summed E-state index contributed by atoms with van der Waals surface area (Å²) in [5.74, 6) is -0.107. The van der Waals surface area contributed by atoms with Gasteiger partial charge in [0, 0.05) is 35.4 Å². The van der Waals surface area contributed by atoms with Crippen molar-refractivity contribution in [1.29, 1.82) is 0 Å². The van der Waals surface area contributed by atoms with Crippen molar-refractivity contribution in [3.8, 4) is 0 Å². The molecule has 0 saturated carbocycles. The van der Waals surface area contributed by atoms with E-state index in [9.17, 15) is 9.59 Å². The van der Waals surface area contributed by atoms with Crippen LogP contribution >= 0.6 is 11.6 Å². The van der Waals surface area contributed by atoms with Gasteiger partial charge in [-0.25, -0.2) is 0 Å². The molecule has 4 nitrogen and oxygen atoms in total. The van der Waals surface area contributed by atoms with Crippen molar-refractivity contribution in [2.75, 3.05) is 6.54 Å². The second-order valence-corrected chi connectivity index (χ2v) is 5.56. The molecule has 0 bridgehead atoms. The number of pyridine rings is 1. The zero-order chi connectivity index (χ0) is 15.9. The predicted molar refractivity (Wildman–Crippen MR) is 88.5 cm³/mol. The Kier molecular flexibility index (Phi) is 5.78. The van der Waals surface area contributed by atoms with Crippen molar-refractivity contribution in [1.82, 2.24) is 9.88 Å². The van der Waals surface area contributed by atoms with Crippen molar-refractivity contribution >= 4 is 17.5 Å². The average molecular weight is 319 g/mol. The van der Waals surface area contributed by atoms with Gasteiger partial charge in [0.15, 0.2) is 0 Å². The second-order valence-electron chi connectivity index (χ2n) is 5.13. The number of aryl methyl sites for hydroxylation is 1. The molecule has 0 aliphatic carbocycles. The monoisotopic (exact) mass is 318 g/mol. The zero-order valence-electron chi connectivity index (χ0n) is 12.5. The van der Waals surface area contributed by atoms with Gasteiger partial charge in [0.2, 0.25) is 0 Å². The standard InChI is InChI=1S/C17H19ClN2O2/c1-13-5-4-6-16(21)20(13)12-3-2-11-19-17(22)14-7-9-15(18)10-8-14/h4-10H,2-3,11-12H2,1H3,(H,19,22). The van der Waals surface area contributed by atoms with Crippen LogP contribution < -0.4 is 10.9 Å². The predicted octanol–water partition coefficient (Wildman–Crippen LogP) is 3.02. The summed E-state index contributed by atoms with van der Waals surface area (Å²) in [7, 11) is 0. The highest BCUT2D eigenvalue weighted by Gasteiger charge is 2.04. The van der Waals surface area contributed by atoms with Crippen LogP contribution in [0.4, 0.5) is 0 Å². The summed E-state index contributed by atoms with van der Waals surface area (Å²) in [5, 5.41) is 3.48. The lowest BCUT2D eigenvalue weighted by atomic mass is 10.2. The lowest BCUT2D eigenvalue weighted by Gasteiger charge is -2.09. The molecule has 0 radical (unpaired) electrons. The summed E-state index contributed by atoms with van der Waals surface area (Å²) in [5.41, 5.74) is 1.57. The number of nitrogens with one attached hydrogen (secondary N) is 1. The normalized spacial score (nSPS) is 10.5. The molecule has 2 aromatic rings. The smallest absolute Gasteiger partial charge is 0.251 e. The van der Waals surface area contributed by atoms with E-state index in [1.165, 1.54) is 0 Å². The fourth-order valence-corrected chi connectivity index (χ4v) is 2.34. The Morgan fingerprint density at radius 1 is 1.14 bits per heavy atom. The van der Waals surface area contributed by atoms with Gasteiger partial charge in [-0.15, -0.1) is 0 Å². The minimum absolute atomic E-state index is 0.0187. The number of unbranched alkanes of at least 4 members (excludes halogenated alkanes) is 1. The maximum atomic E-state index is 11.9. The Labute approximate surface area is 134 Å². The topological polar surface area (TPSA) is 51.1 Å². The Bertz CT molecular complexity index is 693. The van der Waals surface area contributed by atoms with Gasteiger partial charge in [0.05, 0.1) is 0 Å². The van der Waals surface area contributed by atoms with Crippen molar-refractivity contribution < 1.29 is 4.79 Å². The third-order valence-corrected chi connectivity index (χ3v) is 3.72. The van der Waals surface area contributed by atoms with E-state index in [1.54, 1.807) is 41.0 Å². The number of nitrogens with zero attached hydrogens (tertiary/aromatic N) is 1. The van der Waals surface area contributed by atoms with Crippen LogP contribution in [-0.2, 0) is 6.54 Å². The fraction of sp³-hybridized carbons (Fsp3) is 0.294. The molecule has 1 aromatic heterocycles. The van der Waals surface area contributed by atoms with Crippen LogP contribution in [-0.4, -0.2) is 17.0 Å². The lowest BCUT2D eigenvalue weighted by molar-refractivity contribution is 0.0953. The number of hydrogen-bond donors (Lipinski definition) is 1. The number of carbonyl (C=O) groups is 1. The maximum absolute atomic E-state index is 11.9. The number of halogens is 1. The first-order chi connectivity index (χ1) is 10.6. The molecule has 2 rings (SSSR count). The highest BCUT2D eigenvalue weighted by Crippen LogP contribution is 2.09. The molecular weight excluding hydrogens is 300 g/mol. The quantitative estimate of drug-likeness (QED) is 0.832. The van der Waals surface area contributed by atoms with Crippen molar-refractivity contribution in [3.05, 3.63) is 69.1 Å². The first kappa shape index (κ1) is 16.3. The third-order valence-electron chi connectivity index (χ3n) is 3.47. The van der Waals surface area contributed by atoms with E-state index in [2.05, 4.69) is 5.32 Å². The van der Waals surface area contributed by atoms with Crippen molar-refractivity contribution in [2.45, 2.75) is 26.3 Å². The molecule has 22 heavy (non-hydrogen) atoms. The maximum Gasteiger partial charge on any atom is 0.251 e. The Balaban J connectivity index is 1.74. The molecule has 5 heteroatoms. The van der Waals surface area contributed by atoms with Crippen LogP contribution in [0.3, 0.4) is 0 Å². The van der Waals surface area contributed by atoms with Crippen LogP contribution in [0.25, 0.3) is 0 Å². The minimum atomic E-state index is -0.107. The molecule has 0 atom stereocenters. The summed E-state index contributed by atoms with van der Waals surface area (Å²) >= 11 is 5.79. The molecule has 0 aliphatic rings. The molecule has 1 heterocycles. The number of hydrogen-bond acceptors (Lipinski definition) is 2. The van der Waals surface area contributed by atoms with Gasteiger partial charge in [-0.05, 0) is 50.1 Å². The van der Waals surface area contributed by atoms with E-state index in [1.807, 2.05) is 13.0 Å². The summed E-state index contributed by atoms with van der Waals surface area (Å²) in [6.07, 6.45) is 1.66. The molecule has 1 aromatic carbocycles. The number of rotatable bonds is 6. The summed E-state index contributed by atoms with van der Waals surface area (Å²) in [6.45, 7) is 3.17. The van der Waals surface area contributed by atoms with Crippen LogP contribution in [0.2, 0.25) is 5.02 Å². The first-order valence-corrected chi connectivity index (χ1v) is 7.66. The Morgan fingerprint density at radius 2 is 1.86 bits per heavy atom. The van der Waals surface area contributed by atoms with Gasteiger partial charge in [-0.1, -0.05) is 17.7 Å². The number of benzene rings is 1. The molecule has 1 N–H and O–H groups in total. The number of carbonyl (C=O) groups excluding carboxylic acids is 1. The van der Waals surface area contributed by atoms with E-state index < -0.39 is 0 Å². The van der Waals surface area contributed by atoms with Gasteiger partial charge in [0.25, 0.3) is 11.5 Å². The molecule has 0 spiro atoms. The summed E-state index contributed by atoms with van der Waals surface area (Å²) < 4.78 is 1.75. The van der Waals surface area contributed by atoms with Gasteiger partial charge in [-0.3, -0.25) is 9.59 Å². The number of amides is 1. The molecule has 0 aliphatic heterocycles. The fourth-order valence-electron chi connectivity index (χ4n) is 2.21. The van der Waals surface area contributed by atoms with E-state index in [0.717, 1.165) is 18.5 Å². The molecule has 0 saturated heterocycles. The van der Waals surface area contributed by atoms with E-state index in [4.69, 9.17) is 11.6 Å². The Hall–Kier alpha value is -2.07.